The Balaban J connectivity index is 2.12. The fraction of sp³-hybridized carbons (Fsp3) is 0.471. The number of nitrogens with zero attached hydrogens (tertiary/aromatic N) is 2. The molecule has 9 nitrogen and oxygen atoms in total. The van der Waals surface area contributed by atoms with Crippen LogP contribution in [0.5, 0.6) is 0 Å². The number of pyridine rings is 1. The lowest BCUT2D eigenvalue weighted by atomic mass is 10.2. The van der Waals surface area contributed by atoms with E-state index in [0.717, 1.165) is 25.5 Å². The van der Waals surface area contributed by atoms with E-state index in [-0.39, 0.29) is 18.6 Å². The van der Waals surface area contributed by atoms with Crippen LogP contribution in [0.1, 0.15) is 32.6 Å². The number of unbranched alkanes of at least 4 members (excludes halogenated alkanes) is 3. The van der Waals surface area contributed by atoms with E-state index >= 15 is 0 Å². The molecule has 0 aromatic carbocycles. The Labute approximate surface area is 156 Å². The second kappa shape index (κ2) is 9.47. The van der Waals surface area contributed by atoms with Gasteiger partial charge in [0.1, 0.15) is 0 Å². The lowest BCUT2D eigenvalue weighted by Gasteiger charge is -2.10. The zero-order valence-electron chi connectivity index (χ0n) is 15.2. The normalized spacial score (nSPS) is 11.6. The van der Waals surface area contributed by atoms with E-state index < -0.39 is 26.2 Å². The zero-order valence-corrected chi connectivity index (χ0v) is 16.0. The van der Waals surface area contributed by atoms with Crippen LogP contribution in [0.2, 0.25) is 0 Å². The summed E-state index contributed by atoms with van der Waals surface area (Å²) in [7, 11) is -4.12. The van der Waals surface area contributed by atoms with Crippen molar-refractivity contribution in [3.8, 4) is 0 Å². The van der Waals surface area contributed by atoms with Crippen molar-refractivity contribution in [3.63, 3.8) is 0 Å². The predicted octanol–water partition coefficient (Wildman–Crippen LogP) is 0.257. The van der Waals surface area contributed by atoms with Gasteiger partial charge < -0.3 is 4.57 Å². The Morgan fingerprint density at radius 3 is 2.52 bits per heavy atom. The van der Waals surface area contributed by atoms with Crippen LogP contribution in [-0.2, 0) is 23.1 Å². The topological polar surface area (TPSA) is 123 Å². The third kappa shape index (κ3) is 5.76. The highest BCUT2D eigenvalue weighted by Gasteiger charge is 2.19. The highest BCUT2D eigenvalue weighted by Crippen LogP contribution is 2.03. The number of sulfonamides is 1. The number of aromatic amines is 1. The third-order valence-corrected chi connectivity index (χ3v) is 5.52. The van der Waals surface area contributed by atoms with Gasteiger partial charge in [0.25, 0.3) is 11.1 Å². The minimum atomic E-state index is -4.12. The van der Waals surface area contributed by atoms with Crippen LogP contribution in [-0.4, -0.2) is 29.1 Å². The number of nitrogens with one attached hydrogen (secondary N) is 2. The summed E-state index contributed by atoms with van der Waals surface area (Å²) in [5.41, 5.74) is -1.85. The standard InChI is InChI=1S/C17H24N4O5S/c1-2-3-4-6-11-21-13-14(16(23)19-17(21)24)27(25,26)18-9-12-20-10-7-5-8-15(20)22/h5,7-8,10,13,18H,2-4,6,9,11-12H2,1H3,(H,19,23,24). The third-order valence-electron chi connectivity index (χ3n) is 4.06. The molecule has 0 radical (unpaired) electrons. The summed E-state index contributed by atoms with van der Waals surface area (Å²) in [5, 5.41) is 0. The van der Waals surface area contributed by atoms with Crippen molar-refractivity contribution < 1.29 is 8.42 Å². The molecule has 0 aliphatic carbocycles. The van der Waals surface area contributed by atoms with Crippen molar-refractivity contribution in [2.24, 2.45) is 0 Å². The van der Waals surface area contributed by atoms with Gasteiger partial charge in [-0.1, -0.05) is 32.3 Å². The van der Waals surface area contributed by atoms with Crippen LogP contribution < -0.4 is 21.5 Å². The molecule has 148 valence electrons. The first-order chi connectivity index (χ1) is 12.8. The maximum absolute atomic E-state index is 12.4. The molecule has 2 rings (SSSR count). The molecule has 2 heterocycles. The summed E-state index contributed by atoms with van der Waals surface area (Å²) in [6.45, 7) is 2.44. The monoisotopic (exact) mass is 396 g/mol. The van der Waals surface area contributed by atoms with Crippen LogP contribution >= 0.6 is 0 Å². The molecule has 27 heavy (non-hydrogen) atoms. The van der Waals surface area contributed by atoms with E-state index in [1.54, 1.807) is 18.3 Å². The summed E-state index contributed by atoms with van der Waals surface area (Å²) < 4.78 is 29.7. The molecule has 0 atom stereocenters. The van der Waals surface area contributed by atoms with E-state index in [0.29, 0.717) is 13.0 Å². The molecule has 2 aromatic rings. The number of H-pyrrole nitrogens is 1. The van der Waals surface area contributed by atoms with Gasteiger partial charge >= 0.3 is 5.69 Å². The summed E-state index contributed by atoms with van der Waals surface area (Å²) in [5.74, 6) is 0. The van der Waals surface area contributed by atoms with Gasteiger partial charge in [0.15, 0.2) is 4.90 Å². The van der Waals surface area contributed by atoms with Gasteiger partial charge in [-0.2, -0.15) is 0 Å². The fourth-order valence-corrected chi connectivity index (χ4v) is 3.66. The van der Waals surface area contributed by atoms with E-state index in [1.165, 1.54) is 15.2 Å². The van der Waals surface area contributed by atoms with Crippen LogP contribution in [0.4, 0.5) is 0 Å². The molecule has 0 unspecified atom stereocenters. The van der Waals surface area contributed by atoms with Crippen molar-refractivity contribution in [1.82, 2.24) is 18.8 Å². The largest absolute Gasteiger partial charge is 0.328 e. The Morgan fingerprint density at radius 2 is 1.81 bits per heavy atom. The van der Waals surface area contributed by atoms with Crippen molar-refractivity contribution in [2.45, 2.75) is 50.6 Å². The number of rotatable bonds is 10. The first-order valence-electron chi connectivity index (χ1n) is 8.84. The summed E-state index contributed by atoms with van der Waals surface area (Å²) in [4.78, 5) is 37.0. The molecule has 0 fully saturated rings. The number of hydrogen-bond donors (Lipinski definition) is 2. The van der Waals surface area contributed by atoms with Crippen LogP contribution in [0.3, 0.4) is 0 Å². The average molecular weight is 396 g/mol. The average Bonchev–Trinajstić information content (AvgIpc) is 2.61. The Hall–Kier alpha value is -2.46. The van der Waals surface area contributed by atoms with Crippen LogP contribution in [0.15, 0.2) is 49.9 Å². The van der Waals surface area contributed by atoms with Crippen LogP contribution in [0.25, 0.3) is 0 Å². The number of aryl methyl sites for hydroxylation is 1. The zero-order chi connectivity index (χ0) is 19.9. The van der Waals surface area contributed by atoms with E-state index in [1.807, 2.05) is 4.98 Å². The van der Waals surface area contributed by atoms with Crippen molar-refractivity contribution >= 4 is 10.0 Å². The van der Waals surface area contributed by atoms with E-state index in [9.17, 15) is 22.8 Å². The van der Waals surface area contributed by atoms with E-state index in [2.05, 4.69) is 11.6 Å². The highest BCUT2D eigenvalue weighted by molar-refractivity contribution is 7.89. The summed E-state index contributed by atoms with van der Waals surface area (Å²) in [6.07, 6.45) is 6.29. The molecule has 2 N–H and O–H groups in total. The summed E-state index contributed by atoms with van der Waals surface area (Å²) >= 11 is 0. The van der Waals surface area contributed by atoms with Crippen molar-refractivity contribution in [3.05, 3.63) is 61.8 Å². The van der Waals surface area contributed by atoms with Crippen LogP contribution in [0, 0.1) is 0 Å². The van der Waals surface area contributed by atoms with Crippen molar-refractivity contribution in [1.29, 1.82) is 0 Å². The SMILES string of the molecule is CCCCCCn1cc(S(=O)(=O)NCCn2ccccc2=O)c(=O)[nH]c1=O. The predicted molar refractivity (Wildman–Crippen MR) is 101 cm³/mol. The second-order valence-electron chi connectivity index (χ2n) is 6.14. The first kappa shape index (κ1) is 20.8. The van der Waals surface area contributed by atoms with Gasteiger partial charge in [0.05, 0.1) is 0 Å². The lowest BCUT2D eigenvalue weighted by Crippen LogP contribution is -2.38. The molecule has 0 spiro atoms. The van der Waals surface area contributed by atoms with Crippen molar-refractivity contribution in [2.75, 3.05) is 6.54 Å². The Morgan fingerprint density at radius 1 is 1.04 bits per heavy atom. The lowest BCUT2D eigenvalue weighted by molar-refractivity contribution is 0.544. The second-order valence-corrected chi connectivity index (χ2v) is 7.87. The van der Waals surface area contributed by atoms with Gasteiger partial charge in [-0.15, -0.1) is 0 Å². The first-order valence-corrected chi connectivity index (χ1v) is 10.3. The maximum atomic E-state index is 12.4. The molecular weight excluding hydrogens is 372 g/mol. The minimum absolute atomic E-state index is 0.0681. The Kier molecular flexibility index (Phi) is 7.31. The van der Waals surface area contributed by atoms with Gasteiger partial charge in [0, 0.05) is 38.1 Å². The quantitative estimate of drug-likeness (QED) is 0.558. The Bertz CT molecular complexity index is 1040. The smallest absolute Gasteiger partial charge is 0.314 e. The molecule has 0 bridgehead atoms. The van der Waals surface area contributed by atoms with Gasteiger partial charge in [-0.05, 0) is 12.5 Å². The molecular formula is C17H24N4O5S. The molecule has 0 amide bonds. The molecule has 0 aliphatic heterocycles. The molecule has 0 saturated heterocycles. The number of aromatic nitrogens is 3. The van der Waals surface area contributed by atoms with Gasteiger partial charge in [0.2, 0.25) is 10.0 Å². The van der Waals surface area contributed by atoms with E-state index in [4.69, 9.17) is 0 Å². The molecule has 0 saturated carbocycles. The fourth-order valence-electron chi connectivity index (χ4n) is 2.58. The molecule has 10 heteroatoms. The number of hydrogen-bond acceptors (Lipinski definition) is 5. The highest BCUT2D eigenvalue weighted by atomic mass is 32.2. The van der Waals surface area contributed by atoms with Gasteiger partial charge in [-0.25, -0.2) is 17.9 Å². The minimum Gasteiger partial charge on any atom is -0.314 e. The van der Waals surface area contributed by atoms with Gasteiger partial charge in [-0.3, -0.25) is 19.1 Å². The molecule has 2 aromatic heterocycles. The molecule has 0 aliphatic rings. The summed E-state index contributed by atoms with van der Waals surface area (Å²) in [6, 6.07) is 4.62. The maximum Gasteiger partial charge on any atom is 0.328 e.